The fraction of sp³-hybridized carbons (Fsp3) is 0.308. The SMILES string of the molecule is Cc1nn(C)cc1C(O)c1cccc(OC(F)(F)F)c1. The minimum atomic E-state index is -4.76. The highest BCUT2D eigenvalue weighted by Gasteiger charge is 2.31. The van der Waals surface area contributed by atoms with E-state index in [1.54, 1.807) is 20.2 Å². The molecular weight excluding hydrogens is 273 g/mol. The Morgan fingerprint density at radius 1 is 1.35 bits per heavy atom. The lowest BCUT2D eigenvalue weighted by Crippen LogP contribution is -2.17. The van der Waals surface area contributed by atoms with Gasteiger partial charge < -0.3 is 9.84 Å². The van der Waals surface area contributed by atoms with E-state index < -0.39 is 12.5 Å². The van der Waals surface area contributed by atoms with Crippen molar-refractivity contribution in [2.24, 2.45) is 7.05 Å². The summed E-state index contributed by atoms with van der Waals surface area (Å²) in [5.74, 6) is -0.365. The Bertz CT molecular complexity index is 608. The summed E-state index contributed by atoms with van der Waals surface area (Å²) >= 11 is 0. The summed E-state index contributed by atoms with van der Waals surface area (Å²) in [5, 5.41) is 14.3. The minimum absolute atomic E-state index is 0.308. The van der Waals surface area contributed by atoms with Gasteiger partial charge in [0.25, 0.3) is 0 Å². The van der Waals surface area contributed by atoms with Crippen LogP contribution in [0.15, 0.2) is 30.5 Å². The molecule has 0 spiro atoms. The van der Waals surface area contributed by atoms with Crippen molar-refractivity contribution in [3.63, 3.8) is 0 Å². The molecule has 0 saturated carbocycles. The van der Waals surface area contributed by atoms with Crippen molar-refractivity contribution >= 4 is 0 Å². The Morgan fingerprint density at radius 2 is 2.05 bits per heavy atom. The number of aromatic nitrogens is 2. The molecule has 1 aromatic heterocycles. The summed E-state index contributed by atoms with van der Waals surface area (Å²) in [4.78, 5) is 0. The zero-order valence-electron chi connectivity index (χ0n) is 10.8. The van der Waals surface area contributed by atoms with Crippen LogP contribution < -0.4 is 4.74 Å². The van der Waals surface area contributed by atoms with Crippen LogP contribution in [0.3, 0.4) is 0 Å². The monoisotopic (exact) mass is 286 g/mol. The standard InChI is InChI=1S/C13H13F3N2O2/c1-8-11(7-18(2)17-8)12(19)9-4-3-5-10(6-9)20-13(14,15)16/h3-7,12,19H,1-2H3. The molecule has 1 unspecified atom stereocenters. The number of halogens is 3. The van der Waals surface area contributed by atoms with Gasteiger partial charge >= 0.3 is 6.36 Å². The highest BCUT2D eigenvalue weighted by Crippen LogP contribution is 2.29. The van der Waals surface area contributed by atoms with Crippen LogP contribution in [0.1, 0.15) is 22.9 Å². The van der Waals surface area contributed by atoms with Gasteiger partial charge in [0.1, 0.15) is 11.9 Å². The molecule has 0 aliphatic carbocycles. The number of aliphatic hydroxyl groups excluding tert-OH is 1. The van der Waals surface area contributed by atoms with E-state index in [9.17, 15) is 18.3 Å². The zero-order valence-corrected chi connectivity index (χ0v) is 10.8. The van der Waals surface area contributed by atoms with E-state index >= 15 is 0 Å². The molecule has 2 aromatic rings. The minimum Gasteiger partial charge on any atom is -0.406 e. The predicted octanol–water partition coefficient (Wildman–Crippen LogP) is 2.71. The first kappa shape index (κ1) is 14.4. The zero-order chi connectivity index (χ0) is 14.9. The summed E-state index contributed by atoms with van der Waals surface area (Å²) in [6.45, 7) is 1.72. The third-order valence-electron chi connectivity index (χ3n) is 2.75. The molecule has 4 nitrogen and oxygen atoms in total. The predicted molar refractivity (Wildman–Crippen MR) is 65.1 cm³/mol. The molecule has 0 saturated heterocycles. The Hall–Kier alpha value is -2.02. The fourth-order valence-electron chi connectivity index (χ4n) is 1.95. The molecule has 0 radical (unpaired) electrons. The first-order valence-corrected chi connectivity index (χ1v) is 5.80. The highest BCUT2D eigenvalue weighted by atomic mass is 19.4. The van der Waals surface area contributed by atoms with Gasteiger partial charge in [-0.15, -0.1) is 13.2 Å². The second kappa shape index (κ2) is 5.16. The molecule has 0 fully saturated rings. The van der Waals surface area contributed by atoms with Gasteiger partial charge in [0.05, 0.1) is 5.69 Å². The third-order valence-corrected chi connectivity index (χ3v) is 2.75. The largest absolute Gasteiger partial charge is 0.573 e. The number of ether oxygens (including phenoxy) is 1. The smallest absolute Gasteiger partial charge is 0.406 e. The summed E-state index contributed by atoms with van der Waals surface area (Å²) in [7, 11) is 1.70. The maximum absolute atomic E-state index is 12.2. The van der Waals surface area contributed by atoms with E-state index in [2.05, 4.69) is 9.84 Å². The molecular formula is C13H13F3N2O2. The van der Waals surface area contributed by atoms with E-state index in [4.69, 9.17) is 0 Å². The number of aryl methyl sites for hydroxylation is 2. The molecule has 1 heterocycles. The summed E-state index contributed by atoms with van der Waals surface area (Å²) in [6.07, 6.45) is -4.19. The van der Waals surface area contributed by atoms with E-state index in [0.717, 1.165) is 6.07 Å². The second-order valence-electron chi connectivity index (χ2n) is 4.37. The molecule has 2 rings (SSSR count). The Balaban J connectivity index is 2.29. The van der Waals surface area contributed by atoms with E-state index in [1.165, 1.54) is 22.9 Å². The van der Waals surface area contributed by atoms with Gasteiger partial charge in [0, 0.05) is 18.8 Å². The number of alkyl halides is 3. The van der Waals surface area contributed by atoms with Crippen LogP contribution in [0.2, 0.25) is 0 Å². The molecule has 0 amide bonds. The van der Waals surface area contributed by atoms with Gasteiger partial charge in [-0.25, -0.2) is 0 Å². The lowest BCUT2D eigenvalue weighted by molar-refractivity contribution is -0.274. The summed E-state index contributed by atoms with van der Waals surface area (Å²) in [5.41, 5.74) is 1.46. The van der Waals surface area contributed by atoms with Crippen LogP contribution in [-0.2, 0) is 7.05 Å². The van der Waals surface area contributed by atoms with Crippen molar-refractivity contribution in [2.75, 3.05) is 0 Å². The molecule has 1 N–H and O–H groups in total. The number of aliphatic hydroxyl groups is 1. The van der Waals surface area contributed by atoms with Crippen molar-refractivity contribution in [1.29, 1.82) is 0 Å². The van der Waals surface area contributed by atoms with Gasteiger partial charge in [-0.05, 0) is 24.6 Å². The number of hydrogen-bond acceptors (Lipinski definition) is 3. The highest BCUT2D eigenvalue weighted by molar-refractivity contribution is 5.36. The quantitative estimate of drug-likeness (QED) is 0.943. The average molecular weight is 286 g/mol. The molecule has 1 atom stereocenters. The Kier molecular flexibility index (Phi) is 3.71. The number of hydrogen-bond donors (Lipinski definition) is 1. The summed E-state index contributed by atoms with van der Waals surface area (Å²) in [6, 6.07) is 5.26. The van der Waals surface area contributed by atoms with Gasteiger partial charge in [-0.1, -0.05) is 12.1 Å². The van der Waals surface area contributed by atoms with Crippen LogP contribution in [0.5, 0.6) is 5.75 Å². The van der Waals surface area contributed by atoms with Crippen molar-refractivity contribution in [3.8, 4) is 5.75 Å². The van der Waals surface area contributed by atoms with Crippen LogP contribution in [0.4, 0.5) is 13.2 Å². The van der Waals surface area contributed by atoms with Gasteiger partial charge in [-0.2, -0.15) is 5.10 Å². The normalized spacial score (nSPS) is 13.3. The van der Waals surface area contributed by atoms with Crippen molar-refractivity contribution in [1.82, 2.24) is 9.78 Å². The van der Waals surface area contributed by atoms with E-state index in [0.29, 0.717) is 16.8 Å². The topological polar surface area (TPSA) is 47.3 Å². The molecule has 7 heteroatoms. The lowest BCUT2D eigenvalue weighted by atomic mass is 10.0. The molecule has 20 heavy (non-hydrogen) atoms. The number of rotatable bonds is 3. The van der Waals surface area contributed by atoms with Crippen LogP contribution in [0, 0.1) is 6.92 Å². The van der Waals surface area contributed by atoms with Crippen LogP contribution in [0.25, 0.3) is 0 Å². The third kappa shape index (κ3) is 3.30. The summed E-state index contributed by atoms with van der Waals surface area (Å²) < 4.78 is 41.9. The van der Waals surface area contributed by atoms with Crippen LogP contribution in [-0.4, -0.2) is 21.2 Å². The van der Waals surface area contributed by atoms with E-state index in [-0.39, 0.29) is 5.75 Å². The Morgan fingerprint density at radius 3 is 2.60 bits per heavy atom. The lowest BCUT2D eigenvalue weighted by Gasteiger charge is -2.13. The maximum atomic E-state index is 12.2. The molecule has 1 aromatic carbocycles. The van der Waals surface area contributed by atoms with Crippen molar-refractivity contribution in [3.05, 3.63) is 47.3 Å². The second-order valence-corrected chi connectivity index (χ2v) is 4.37. The van der Waals surface area contributed by atoms with E-state index in [1.807, 2.05) is 0 Å². The average Bonchev–Trinajstić information content (AvgIpc) is 2.65. The first-order valence-electron chi connectivity index (χ1n) is 5.80. The van der Waals surface area contributed by atoms with Gasteiger partial charge in [0.15, 0.2) is 0 Å². The number of benzene rings is 1. The van der Waals surface area contributed by atoms with Gasteiger partial charge in [0.2, 0.25) is 0 Å². The Labute approximate surface area is 113 Å². The molecule has 0 aliphatic rings. The van der Waals surface area contributed by atoms with Crippen molar-refractivity contribution < 1.29 is 23.0 Å². The van der Waals surface area contributed by atoms with Gasteiger partial charge in [-0.3, -0.25) is 4.68 Å². The first-order chi connectivity index (χ1) is 9.26. The maximum Gasteiger partial charge on any atom is 0.573 e. The van der Waals surface area contributed by atoms with Crippen molar-refractivity contribution in [2.45, 2.75) is 19.4 Å². The molecule has 0 aliphatic heterocycles. The molecule has 0 bridgehead atoms. The van der Waals surface area contributed by atoms with Crippen LogP contribution >= 0.6 is 0 Å². The molecule has 108 valence electrons. The fourth-order valence-corrected chi connectivity index (χ4v) is 1.95. The number of nitrogens with zero attached hydrogens (tertiary/aromatic N) is 2.